The minimum Gasteiger partial charge on any atom is -0.478 e. The quantitative estimate of drug-likeness (QED) is 0.439. The number of rotatable bonds is 2. The van der Waals surface area contributed by atoms with Gasteiger partial charge in [0.05, 0.1) is 0 Å². The third-order valence-corrected chi connectivity index (χ3v) is 0.919. The smallest absolute Gasteiger partial charge is 0.328 e. The maximum absolute atomic E-state index is 9.81. The number of aliphatic carboxylic acids is 1. The van der Waals surface area contributed by atoms with Crippen LogP contribution in [-0.4, -0.2) is 15.0 Å². The number of hydrogen-bond donors (Lipinski definition) is 1. The highest BCUT2D eigenvalue weighted by Crippen LogP contribution is 1.98. The van der Waals surface area contributed by atoms with Gasteiger partial charge in [-0.05, 0) is 6.92 Å². The fourth-order valence-electron chi connectivity index (χ4n) is 0.215. The van der Waals surface area contributed by atoms with E-state index in [4.69, 9.17) is 5.11 Å². The molecule has 1 atom stereocenters. The van der Waals surface area contributed by atoms with Gasteiger partial charge in [0.1, 0.15) is 0 Å². The lowest BCUT2D eigenvalue weighted by Crippen LogP contribution is -1.89. The Morgan fingerprint density at radius 3 is 2.50 bits per heavy atom. The number of carboxylic acids is 1. The summed E-state index contributed by atoms with van der Waals surface area (Å²) in [7, 11) is 0. The second kappa shape index (κ2) is 3.88. The Kier molecular flexibility index (Phi) is 3.85. The van der Waals surface area contributed by atoms with Crippen molar-refractivity contribution in [1.29, 1.82) is 0 Å². The van der Waals surface area contributed by atoms with Crippen molar-refractivity contribution in [2.45, 2.75) is 10.8 Å². The van der Waals surface area contributed by atoms with Crippen LogP contribution in [0.4, 0.5) is 0 Å². The molecule has 46 valence electrons. The Labute approximate surface area is 61.7 Å². The third kappa shape index (κ3) is 5.94. The van der Waals surface area contributed by atoms with Gasteiger partial charge in [-0.25, -0.2) is 4.79 Å². The molecule has 0 aliphatic rings. The van der Waals surface area contributed by atoms with Crippen LogP contribution >= 0.6 is 22.6 Å². The van der Waals surface area contributed by atoms with Gasteiger partial charge in [0.2, 0.25) is 0 Å². The van der Waals surface area contributed by atoms with Crippen molar-refractivity contribution in [3.05, 3.63) is 12.2 Å². The molecule has 0 saturated carbocycles. The van der Waals surface area contributed by atoms with Crippen molar-refractivity contribution in [3.63, 3.8) is 0 Å². The molecular weight excluding hydrogens is 219 g/mol. The summed E-state index contributed by atoms with van der Waals surface area (Å²) in [5.74, 6) is -0.881. The minimum absolute atomic E-state index is 0.295. The summed E-state index contributed by atoms with van der Waals surface area (Å²) in [4.78, 5) is 9.81. The standard InChI is InChI=1S/C5H7IO2/c1-4(6)2-3-5(7)8/h2-4H,1H3,(H,7,8). The highest BCUT2D eigenvalue weighted by Gasteiger charge is 1.87. The monoisotopic (exact) mass is 226 g/mol. The van der Waals surface area contributed by atoms with Gasteiger partial charge in [0.15, 0.2) is 0 Å². The molecule has 0 spiro atoms. The van der Waals surface area contributed by atoms with Gasteiger partial charge in [0.25, 0.3) is 0 Å². The number of carbonyl (C=O) groups is 1. The molecule has 0 aromatic rings. The number of allylic oxidation sites excluding steroid dienone is 1. The van der Waals surface area contributed by atoms with Gasteiger partial charge in [0, 0.05) is 10.0 Å². The van der Waals surface area contributed by atoms with Crippen molar-refractivity contribution in [2.75, 3.05) is 0 Å². The van der Waals surface area contributed by atoms with E-state index >= 15 is 0 Å². The highest BCUT2D eigenvalue weighted by atomic mass is 127. The lowest BCUT2D eigenvalue weighted by molar-refractivity contribution is -0.131. The Balaban J connectivity index is 3.50. The van der Waals surface area contributed by atoms with Crippen molar-refractivity contribution in [2.24, 2.45) is 0 Å². The van der Waals surface area contributed by atoms with E-state index in [0.29, 0.717) is 3.92 Å². The zero-order valence-corrected chi connectivity index (χ0v) is 6.62. The van der Waals surface area contributed by atoms with Gasteiger partial charge in [-0.15, -0.1) is 0 Å². The van der Waals surface area contributed by atoms with E-state index in [9.17, 15) is 4.79 Å². The molecule has 0 radical (unpaired) electrons. The topological polar surface area (TPSA) is 37.3 Å². The Bertz CT molecular complexity index is 107. The van der Waals surface area contributed by atoms with Crippen LogP contribution < -0.4 is 0 Å². The van der Waals surface area contributed by atoms with Crippen molar-refractivity contribution >= 4 is 28.6 Å². The Morgan fingerprint density at radius 1 is 1.88 bits per heavy atom. The molecule has 0 bridgehead atoms. The SMILES string of the molecule is CC(I)C=CC(=O)O. The Morgan fingerprint density at radius 2 is 2.38 bits per heavy atom. The van der Waals surface area contributed by atoms with Crippen LogP contribution in [0.1, 0.15) is 6.92 Å². The van der Waals surface area contributed by atoms with Crippen molar-refractivity contribution in [3.8, 4) is 0 Å². The number of carboxylic acid groups (broad SMARTS) is 1. The van der Waals surface area contributed by atoms with Crippen LogP contribution in [0.25, 0.3) is 0 Å². The van der Waals surface area contributed by atoms with Gasteiger partial charge < -0.3 is 5.11 Å². The van der Waals surface area contributed by atoms with Gasteiger partial charge in [-0.3, -0.25) is 0 Å². The molecule has 0 aromatic heterocycles. The molecule has 2 nitrogen and oxygen atoms in total. The number of hydrogen-bond acceptors (Lipinski definition) is 1. The molecule has 0 aromatic carbocycles. The van der Waals surface area contributed by atoms with E-state index < -0.39 is 5.97 Å². The van der Waals surface area contributed by atoms with Gasteiger partial charge >= 0.3 is 5.97 Å². The maximum Gasteiger partial charge on any atom is 0.328 e. The largest absolute Gasteiger partial charge is 0.478 e. The van der Waals surface area contributed by atoms with E-state index in [-0.39, 0.29) is 0 Å². The molecule has 0 rings (SSSR count). The summed E-state index contributed by atoms with van der Waals surface area (Å²) in [5, 5.41) is 8.07. The molecule has 0 aliphatic carbocycles. The predicted octanol–water partition coefficient (Wildman–Crippen LogP) is 1.45. The summed E-state index contributed by atoms with van der Waals surface area (Å²) in [5.41, 5.74) is 0. The van der Waals surface area contributed by atoms with Crippen LogP contribution in [0.15, 0.2) is 12.2 Å². The van der Waals surface area contributed by atoms with E-state index in [1.807, 2.05) is 6.92 Å². The highest BCUT2D eigenvalue weighted by molar-refractivity contribution is 14.1. The summed E-state index contributed by atoms with van der Waals surface area (Å²) in [6.45, 7) is 1.92. The molecule has 0 saturated heterocycles. The normalized spacial score (nSPS) is 14.2. The van der Waals surface area contributed by atoms with Crippen LogP contribution in [0.5, 0.6) is 0 Å². The third-order valence-electron chi connectivity index (χ3n) is 0.504. The van der Waals surface area contributed by atoms with E-state index in [2.05, 4.69) is 22.6 Å². The predicted molar refractivity (Wildman–Crippen MR) is 40.3 cm³/mol. The molecule has 8 heavy (non-hydrogen) atoms. The zero-order chi connectivity index (χ0) is 6.57. The molecule has 0 amide bonds. The summed E-state index contributed by atoms with van der Waals surface area (Å²) < 4.78 is 0.295. The molecule has 1 N–H and O–H groups in total. The first kappa shape index (κ1) is 7.94. The molecule has 1 unspecified atom stereocenters. The van der Waals surface area contributed by atoms with Crippen molar-refractivity contribution < 1.29 is 9.90 Å². The maximum atomic E-state index is 9.81. The van der Waals surface area contributed by atoms with Crippen molar-refractivity contribution in [1.82, 2.24) is 0 Å². The molecule has 0 aliphatic heterocycles. The van der Waals surface area contributed by atoms with Gasteiger partial charge in [-0.2, -0.15) is 0 Å². The first-order chi connectivity index (χ1) is 3.63. The summed E-state index contributed by atoms with van der Waals surface area (Å²) in [6.07, 6.45) is 2.78. The summed E-state index contributed by atoms with van der Waals surface area (Å²) in [6, 6.07) is 0. The molecular formula is C5H7IO2. The average molecular weight is 226 g/mol. The lowest BCUT2D eigenvalue weighted by atomic mass is 10.4. The number of alkyl halides is 1. The molecule has 3 heteroatoms. The summed E-state index contributed by atoms with van der Waals surface area (Å²) >= 11 is 2.13. The second-order valence-corrected chi connectivity index (χ2v) is 3.34. The molecule has 0 heterocycles. The Hall–Kier alpha value is -0.0600. The molecule has 0 fully saturated rings. The van der Waals surface area contributed by atoms with Crippen LogP contribution in [0, 0.1) is 0 Å². The van der Waals surface area contributed by atoms with Crippen LogP contribution in [0.3, 0.4) is 0 Å². The fraction of sp³-hybridized carbons (Fsp3) is 0.400. The van der Waals surface area contributed by atoms with E-state index in [1.165, 1.54) is 0 Å². The van der Waals surface area contributed by atoms with E-state index in [0.717, 1.165) is 6.08 Å². The first-order valence-electron chi connectivity index (χ1n) is 2.18. The fourth-order valence-corrected chi connectivity index (χ4v) is 0.423. The minimum atomic E-state index is -0.881. The van der Waals surface area contributed by atoms with E-state index in [1.54, 1.807) is 6.08 Å². The average Bonchev–Trinajstić information content (AvgIpc) is 1.61. The van der Waals surface area contributed by atoms with Crippen LogP contribution in [0.2, 0.25) is 0 Å². The lowest BCUT2D eigenvalue weighted by Gasteiger charge is -1.86. The van der Waals surface area contributed by atoms with Crippen LogP contribution in [-0.2, 0) is 4.79 Å². The number of halogens is 1. The first-order valence-corrected chi connectivity index (χ1v) is 3.42. The second-order valence-electron chi connectivity index (χ2n) is 1.37. The zero-order valence-electron chi connectivity index (χ0n) is 4.47. The van der Waals surface area contributed by atoms with Gasteiger partial charge in [-0.1, -0.05) is 28.7 Å².